The standard InChI is InChI=1S/C9H20N2O2S.ClH/c1-2-14(12,13)7-6-11-8-9(10)4-3-5-9;/h11H,2-8,10H2,1H3;1H. The topological polar surface area (TPSA) is 72.2 Å². The minimum atomic E-state index is -2.83. The molecule has 1 fully saturated rings. The summed E-state index contributed by atoms with van der Waals surface area (Å²) in [6.07, 6.45) is 3.31. The Kier molecular flexibility index (Phi) is 6.10. The van der Waals surface area contributed by atoms with Crippen molar-refractivity contribution in [1.29, 1.82) is 0 Å². The van der Waals surface area contributed by atoms with Crippen molar-refractivity contribution in [1.82, 2.24) is 5.32 Å². The molecule has 92 valence electrons. The van der Waals surface area contributed by atoms with Crippen LogP contribution in [0.2, 0.25) is 0 Å². The molecule has 1 saturated carbocycles. The van der Waals surface area contributed by atoms with E-state index >= 15 is 0 Å². The number of hydrogen-bond acceptors (Lipinski definition) is 4. The highest BCUT2D eigenvalue weighted by atomic mass is 35.5. The predicted molar refractivity (Wildman–Crippen MR) is 65.2 cm³/mol. The average molecular weight is 257 g/mol. The smallest absolute Gasteiger partial charge is 0.151 e. The van der Waals surface area contributed by atoms with E-state index in [1.807, 2.05) is 0 Å². The Morgan fingerprint density at radius 1 is 1.40 bits per heavy atom. The van der Waals surface area contributed by atoms with Crippen LogP contribution >= 0.6 is 12.4 Å². The van der Waals surface area contributed by atoms with Crippen LogP contribution in [0, 0.1) is 0 Å². The molecular formula is C9H21ClN2O2S. The van der Waals surface area contributed by atoms with Crippen LogP contribution in [0.3, 0.4) is 0 Å². The molecule has 1 aliphatic rings. The lowest BCUT2D eigenvalue weighted by molar-refractivity contribution is 0.241. The normalized spacial score (nSPS) is 19.1. The van der Waals surface area contributed by atoms with Gasteiger partial charge < -0.3 is 11.1 Å². The lowest BCUT2D eigenvalue weighted by Gasteiger charge is -2.38. The molecule has 0 heterocycles. The van der Waals surface area contributed by atoms with E-state index in [1.54, 1.807) is 6.92 Å². The monoisotopic (exact) mass is 256 g/mol. The third-order valence-electron chi connectivity index (χ3n) is 2.86. The number of sulfone groups is 1. The summed E-state index contributed by atoms with van der Waals surface area (Å²) in [6, 6.07) is 0. The van der Waals surface area contributed by atoms with Crippen LogP contribution in [0.1, 0.15) is 26.2 Å². The number of rotatable bonds is 6. The first-order chi connectivity index (χ1) is 6.47. The molecule has 15 heavy (non-hydrogen) atoms. The van der Waals surface area contributed by atoms with E-state index in [4.69, 9.17) is 5.73 Å². The van der Waals surface area contributed by atoms with E-state index in [-0.39, 0.29) is 29.5 Å². The van der Waals surface area contributed by atoms with Crippen LogP contribution in [0.25, 0.3) is 0 Å². The molecule has 1 rings (SSSR count). The second kappa shape index (κ2) is 6.03. The van der Waals surface area contributed by atoms with Crippen molar-refractivity contribution >= 4 is 22.2 Å². The van der Waals surface area contributed by atoms with E-state index in [0.717, 1.165) is 19.4 Å². The van der Waals surface area contributed by atoms with Crippen LogP contribution in [-0.2, 0) is 9.84 Å². The first kappa shape index (κ1) is 15.2. The van der Waals surface area contributed by atoms with Crippen molar-refractivity contribution in [3.8, 4) is 0 Å². The van der Waals surface area contributed by atoms with Gasteiger partial charge in [-0.05, 0) is 19.3 Å². The Morgan fingerprint density at radius 3 is 2.40 bits per heavy atom. The molecule has 6 heteroatoms. The predicted octanol–water partition coefficient (Wildman–Crippen LogP) is 0.314. The highest BCUT2D eigenvalue weighted by Crippen LogP contribution is 2.27. The molecule has 0 aliphatic heterocycles. The van der Waals surface area contributed by atoms with Crippen molar-refractivity contribution in [2.45, 2.75) is 31.7 Å². The van der Waals surface area contributed by atoms with Gasteiger partial charge in [0.15, 0.2) is 9.84 Å². The zero-order valence-corrected chi connectivity index (χ0v) is 10.8. The second-order valence-corrected chi connectivity index (χ2v) is 6.60. The van der Waals surface area contributed by atoms with Crippen LogP contribution in [-0.4, -0.2) is 38.6 Å². The zero-order chi connectivity index (χ0) is 10.7. The summed E-state index contributed by atoms with van der Waals surface area (Å²) in [6.45, 7) is 2.94. The Morgan fingerprint density at radius 2 is 2.00 bits per heavy atom. The number of nitrogens with one attached hydrogen (secondary N) is 1. The van der Waals surface area contributed by atoms with Crippen molar-refractivity contribution in [2.75, 3.05) is 24.6 Å². The lowest BCUT2D eigenvalue weighted by atomic mass is 9.78. The van der Waals surface area contributed by atoms with Crippen LogP contribution in [0.5, 0.6) is 0 Å². The maximum absolute atomic E-state index is 11.1. The Labute approximate surface area is 98.3 Å². The van der Waals surface area contributed by atoms with Gasteiger partial charge >= 0.3 is 0 Å². The summed E-state index contributed by atoms with van der Waals surface area (Å²) in [5.41, 5.74) is 5.91. The SMILES string of the molecule is CCS(=O)(=O)CCNCC1(N)CCC1.Cl. The second-order valence-electron chi connectivity index (χ2n) is 4.13. The van der Waals surface area contributed by atoms with Gasteiger partial charge in [0, 0.05) is 24.4 Å². The van der Waals surface area contributed by atoms with Gasteiger partial charge in [-0.2, -0.15) is 0 Å². The fourth-order valence-corrected chi connectivity index (χ4v) is 2.26. The molecule has 3 N–H and O–H groups in total. The van der Waals surface area contributed by atoms with E-state index in [1.165, 1.54) is 6.42 Å². The van der Waals surface area contributed by atoms with Crippen LogP contribution < -0.4 is 11.1 Å². The molecular weight excluding hydrogens is 236 g/mol. The summed E-state index contributed by atoms with van der Waals surface area (Å²) in [5.74, 6) is 0.446. The molecule has 4 nitrogen and oxygen atoms in total. The van der Waals surface area contributed by atoms with Crippen molar-refractivity contribution in [3.63, 3.8) is 0 Å². The summed E-state index contributed by atoms with van der Waals surface area (Å²) >= 11 is 0. The summed E-state index contributed by atoms with van der Waals surface area (Å²) in [7, 11) is -2.83. The Balaban J connectivity index is 0.00000196. The summed E-state index contributed by atoms with van der Waals surface area (Å²) < 4.78 is 22.3. The van der Waals surface area contributed by atoms with Gasteiger partial charge in [0.1, 0.15) is 0 Å². The third-order valence-corrected chi connectivity index (χ3v) is 4.56. The third kappa shape index (κ3) is 5.15. The van der Waals surface area contributed by atoms with Gasteiger partial charge in [-0.1, -0.05) is 6.92 Å². The molecule has 0 bridgehead atoms. The van der Waals surface area contributed by atoms with Crippen molar-refractivity contribution in [3.05, 3.63) is 0 Å². The molecule has 1 aliphatic carbocycles. The molecule has 0 aromatic heterocycles. The van der Waals surface area contributed by atoms with Crippen LogP contribution in [0.4, 0.5) is 0 Å². The summed E-state index contributed by atoms with van der Waals surface area (Å²) in [4.78, 5) is 0. The highest BCUT2D eigenvalue weighted by Gasteiger charge is 2.31. The summed E-state index contributed by atoms with van der Waals surface area (Å²) in [5, 5.41) is 3.11. The van der Waals surface area contributed by atoms with E-state index in [2.05, 4.69) is 5.32 Å². The number of nitrogens with two attached hydrogens (primary N) is 1. The molecule has 0 atom stereocenters. The van der Waals surface area contributed by atoms with E-state index < -0.39 is 9.84 Å². The number of hydrogen-bond donors (Lipinski definition) is 2. The minimum Gasteiger partial charge on any atom is -0.324 e. The maximum Gasteiger partial charge on any atom is 0.151 e. The first-order valence-electron chi connectivity index (χ1n) is 5.17. The zero-order valence-electron chi connectivity index (χ0n) is 9.16. The van der Waals surface area contributed by atoms with Gasteiger partial charge in [0.25, 0.3) is 0 Å². The lowest BCUT2D eigenvalue weighted by Crippen LogP contribution is -2.54. The van der Waals surface area contributed by atoms with Gasteiger partial charge in [-0.3, -0.25) is 0 Å². The van der Waals surface area contributed by atoms with Gasteiger partial charge in [-0.25, -0.2) is 8.42 Å². The molecule has 0 unspecified atom stereocenters. The van der Waals surface area contributed by atoms with E-state index in [0.29, 0.717) is 6.54 Å². The fraction of sp³-hybridized carbons (Fsp3) is 1.00. The minimum absolute atomic E-state index is 0. The quantitative estimate of drug-likeness (QED) is 0.671. The first-order valence-corrected chi connectivity index (χ1v) is 7.00. The average Bonchev–Trinajstić information content (AvgIpc) is 2.10. The van der Waals surface area contributed by atoms with E-state index in [9.17, 15) is 8.42 Å². The van der Waals surface area contributed by atoms with Gasteiger partial charge in [-0.15, -0.1) is 12.4 Å². The molecule has 0 saturated heterocycles. The highest BCUT2D eigenvalue weighted by molar-refractivity contribution is 7.91. The van der Waals surface area contributed by atoms with Gasteiger partial charge in [0.05, 0.1) is 5.75 Å². The van der Waals surface area contributed by atoms with Crippen molar-refractivity contribution in [2.24, 2.45) is 5.73 Å². The Hall–Kier alpha value is 0.160. The number of halogens is 1. The maximum atomic E-state index is 11.1. The Bertz CT molecular complexity index is 276. The largest absolute Gasteiger partial charge is 0.324 e. The molecule has 0 amide bonds. The molecule has 0 radical (unpaired) electrons. The van der Waals surface area contributed by atoms with Gasteiger partial charge in [0.2, 0.25) is 0 Å². The van der Waals surface area contributed by atoms with Crippen LogP contribution in [0.15, 0.2) is 0 Å². The molecule has 0 aromatic rings. The molecule has 0 spiro atoms. The van der Waals surface area contributed by atoms with Crippen molar-refractivity contribution < 1.29 is 8.42 Å². The fourth-order valence-electron chi connectivity index (χ4n) is 1.52. The molecule has 0 aromatic carbocycles.